The van der Waals surface area contributed by atoms with Gasteiger partial charge in [-0.1, -0.05) is 29.8 Å². The lowest BCUT2D eigenvalue weighted by molar-refractivity contribution is 0.420. The molecule has 1 aromatic carbocycles. The van der Waals surface area contributed by atoms with Gasteiger partial charge in [0.1, 0.15) is 0 Å². The summed E-state index contributed by atoms with van der Waals surface area (Å²) in [5, 5.41) is 3.64. The maximum atomic E-state index is 3.64. The molecule has 1 fully saturated rings. The molecule has 17 heavy (non-hydrogen) atoms. The highest BCUT2D eigenvalue weighted by atomic mass is 79.9. The van der Waals surface area contributed by atoms with E-state index in [1.165, 1.54) is 12.1 Å². The van der Waals surface area contributed by atoms with Gasteiger partial charge in [0.25, 0.3) is 0 Å². The first-order valence-corrected chi connectivity index (χ1v) is 7.20. The van der Waals surface area contributed by atoms with E-state index >= 15 is 0 Å². The van der Waals surface area contributed by atoms with Crippen molar-refractivity contribution >= 4 is 21.6 Å². The van der Waals surface area contributed by atoms with E-state index in [9.17, 15) is 0 Å². The number of nitrogens with one attached hydrogen (secondary N) is 1. The Kier molecular flexibility index (Phi) is 4.46. The quantitative estimate of drug-likeness (QED) is 0.901. The number of halogens is 1. The monoisotopic (exact) mass is 296 g/mol. The van der Waals surface area contributed by atoms with E-state index in [0.29, 0.717) is 12.0 Å². The molecule has 2 rings (SSSR count). The second-order valence-electron chi connectivity index (χ2n) is 5.08. The van der Waals surface area contributed by atoms with E-state index in [1.54, 1.807) is 0 Å². The minimum absolute atomic E-state index is 0.598. The molecule has 0 aliphatic carbocycles. The van der Waals surface area contributed by atoms with Gasteiger partial charge in [0.05, 0.1) is 0 Å². The summed E-state index contributed by atoms with van der Waals surface area (Å²) < 4.78 is 1.15. The normalized spacial score (nSPS) is 21.6. The van der Waals surface area contributed by atoms with Crippen molar-refractivity contribution < 1.29 is 0 Å². The highest BCUT2D eigenvalue weighted by molar-refractivity contribution is 9.10. The smallest absolute Gasteiger partial charge is 0.0367 e. The third kappa shape index (κ3) is 3.46. The molecule has 94 valence electrons. The van der Waals surface area contributed by atoms with E-state index < -0.39 is 0 Å². The Morgan fingerprint density at radius 2 is 2.00 bits per heavy atom. The summed E-state index contributed by atoms with van der Waals surface area (Å²) in [5.41, 5.74) is 1.34. The molecule has 2 nitrogen and oxygen atoms in total. The van der Waals surface area contributed by atoms with Crippen LogP contribution in [0.3, 0.4) is 0 Å². The summed E-state index contributed by atoms with van der Waals surface area (Å²) in [7, 11) is 0. The fourth-order valence-corrected chi connectivity index (χ4v) is 2.55. The minimum atomic E-state index is 0.598. The zero-order chi connectivity index (χ0) is 12.3. The van der Waals surface area contributed by atoms with Gasteiger partial charge in [0.15, 0.2) is 0 Å². The molecule has 0 amide bonds. The van der Waals surface area contributed by atoms with E-state index in [0.717, 1.165) is 24.1 Å². The number of hydrogen-bond donors (Lipinski definition) is 1. The van der Waals surface area contributed by atoms with Crippen LogP contribution >= 0.6 is 15.9 Å². The minimum Gasteiger partial charge on any atom is -0.370 e. The van der Waals surface area contributed by atoms with Gasteiger partial charge in [-0.15, -0.1) is 0 Å². The predicted molar refractivity (Wildman–Crippen MR) is 77.6 cm³/mol. The Bertz CT molecular complexity index is 348. The van der Waals surface area contributed by atoms with Gasteiger partial charge < -0.3 is 10.2 Å². The molecular weight excluding hydrogens is 276 g/mol. The first-order valence-electron chi connectivity index (χ1n) is 6.40. The van der Waals surface area contributed by atoms with Crippen molar-refractivity contribution in [3.63, 3.8) is 0 Å². The molecule has 1 aliphatic rings. The largest absolute Gasteiger partial charge is 0.370 e. The lowest BCUT2D eigenvalue weighted by Crippen LogP contribution is -2.41. The summed E-state index contributed by atoms with van der Waals surface area (Å²) in [6.07, 6.45) is 1.22. The molecule has 0 bridgehead atoms. The van der Waals surface area contributed by atoms with Crippen LogP contribution in [0.2, 0.25) is 0 Å². The van der Waals surface area contributed by atoms with E-state index in [-0.39, 0.29) is 0 Å². The number of anilines is 1. The van der Waals surface area contributed by atoms with Crippen LogP contribution in [-0.4, -0.2) is 25.7 Å². The zero-order valence-electron chi connectivity index (χ0n) is 10.6. The van der Waals surface area contributed by atoms with Crippen LogP contribution in [0.4, 0.5) is 5.69 Å². The molecular formula is C14H21BrN2. The van der Waals surface area contributed by atoms with Crippen LogP contribution in [0.15, 0.2) is 28.7 Å². The van der Waals surface area contributed by atoms with Crippen LogP contribution in [0.1, 0.15) is 20.3 Å². The van der Waals surface area contributed by atoms with Crippen molar-refractivity contribution in [2.75, 3.05) is 24.5 Å². The Morgan fingerprint density at radius 3 is 2.65 bits per heavy atom. The summed E-state index contributed by atoms with van der Waals surface area (Å²) in [6, 6.07) is 9.25. The maximum absolute atomic E-state index is 3.64. The maximum Gasteiger partial charge on any atom is 0.0367 e. The molecule has 0 spiro atoms. The third-order valence-electron chi connectivity index (χ3n) is 3.42. The van der Waals surface area contributed by atoms with Crippen molar-refractivity contribution in [2.45, 2.75) is 26.3 Å². The molecule has 0 saturated carbocycles. The topological polar surface area (TPSA) is 15.3 Å². The molecule has 0 radical (unpaired) electrons. The first-order chi connectivity index (χ1) is 8.16. The van der Waals surface area contributed by atoms with Crippen LogP contribution in [0.25, 0.3) is 0 Å². The van der Waals surface area contributed by atoms with E-state index in [2.05, 4.69) is 64.3 Å². The summed E-state index contributed by atoms with van der Waals surface area (Å²) in [5.74, 6) is 0.686. The van der Waals surface area contributed by atoms with Crippen molar-refractivity contribution in [3.05, 3.63) is 28.7 Å². The predicted octanol–water partition coefficient (Wildman–Crippen LogP) is 3.27. The van der Waals surface area contributed by atoms with Gasteiger partial charge in [-0.2, -0.15) is 0 Å². The average Bonchev–Trinajstić information content (AvgIpc) is 2.55. The third-order valence-corrected chi connectivity index (χ3v) is 3.95. The van der Waals surface area contributed by atoms with Crippen molar-refractivity contribution in [1.82, 2.24) is 5.32 Å². The summed E-state index contributed by atoms with van der Waals surface area (Å²) >= 11 is 3.49. The molecule has 1 unspecified atom stereocenters. The van der Waals surface area contributed by atoms with E-state index in [1.807, 2.05) is 0 Å². The SMILES string of the molecule is CC(C)C1CN(c2ccc(Br)cc2)CCCN1. The number of hydrogen-bond acceptors (Lipinski definition) is 2. The fraction of sp³-hybridized carbons (Fsp3) is 0.571. The fourth-order valence-electron chi connectivity index (χ4n) is 2.28. The second-order valence-corrected chi connectivity index (χ2v) is 6.00. The average molecular weight is 297 g/mol. The summed E-state index contributed by atoms with van der Waals surface area (Å²) in [4.78, 5) is 2.50. The van der Waals surface area contributed by atoms with Crippen molar-refractivity contribution in [2.24, 2.45) is 5.92 Å². The molecule has 1 saturated heterocycles. The van der Waals surface area contributed by atoms with Gasteiger partial charge in [0, 0.05) is 29.3 Å². The van der Waals surface area contributed by atoms with Gasteiger partial charge in [-0.3, -0.25) is 0 Å². The molecule has 1 aromatic rings. The Morgan fingerprint density at radius 1 is 1.29 bits per heavy atom. The Hall–Kier alpha value is -0.540. The molecule has 1 aliphatic heterocycles. The van der Waals surface area contributed by atoms with Gasteiger partial charge in [-0.25, -0.2) is 0 Å². The second kappa shape index (κ2) is 5.87. The van der Waals surface area contributed by atoms with Crippen molar-refractivity contribution in [1.29, 1.82) is 0 Å². The standard InChI is InChI=1S/C14H21BrN2/c1-11(2)14-10-17(9-3-8-16-14)13-6-4-12(15)5-7-13/h4-7,11,14,16H,3,8-10H2,1-2H3. The van der Waals surface area contributed by atoms with Crippen LogP contribution in [0, 0.1) is 5.92 Å². The first kappa shape index (κ1) is 12.9. The number of rotatable bonds is 2. The molecule has 1 N–H and O–H groups in total. The van der Waals surface area contributed by atoms with Gasteiger partial charge in [-0.05, 0) is 43.1 Å². The van der Waals surface area contributed by atoms with Crippen LogP contribution < -0.4 is 10.2 Å². The van der Waals surface area contributed by atoms with E-state index in [4.69, 9.17) is 0 Å². The number of benzene rings is 1. The summed E-state index contributed by atoms with van der Waals surface area (Å²) in [6.45, 7) is 7.98. The molecule has 1 heterocycles. The zero-order valence-corrected chi connectivity index (χ0v) is 12.2. The molecule has 3 heteroatoms. The Labute approximate surface area is 113 Å². The number of nitrogens with zero attached hydrogens (tertiary/aromatic N) is 1. The Balaban J connectivity index is 2.10. The molecule has 1 atom stereocenters. The van der Waals surface area contributed by atoms with Gasteiger partial charge in [0.2, 0.25) is 0 Å². The highest BCUT2D eigenvalue weighted by Gasteiger charge is 2.20. The van der Waals surface area contributed by atoms with Crippen LogP contribution in [-0.2, 0) is 0 Å². The highest BCUT2D eigenvalue weighted by Crippen LogP contribution is 2.21. The lowest BCUT2D eigenvalue weighted by Gasteiger charge is -2.28. The lowest BCUT2D eigenvalue weighted by atomic mass is 10.0. The van der Waals surface area contributed by atoms with Crippen molar-refractivity contribution in [3.8, 4) is 0 Å². The van der Waals surface area contributed by atoms with Gasteiger partial charge >= 0.3 is 0 Å². The van der Waals surface area contributed by atoms with Crippen LogP contribution in [0.5, 0.6) is 0 Å². The molecule has 0 aromatic heterocycles.